The van der Waals surface area contributed by atoms with Crippen molar-refractivity contribution in [1.82, 2.24) is 9.55 Å². The molecule has 0 N–H and O–H groups in total. The average Bonchev–Trinajstić information content (AvgIpc) is 2.24. The van der Waals surface area contributed by atoms with Crippen LogP contribution in [-0.4, -0.2) is 9.55 Å². The first-order valence-electron chi connectivity index (χ1n) is 5.06. The van der Waals surface area contributed by atoms with Crippen molar-refractivity contribution < 1.29 is 0 Å². The topological polar surface area (TPSA) is 34.9 Å². The highest BCUT2D eigenvalue weighted by Crippen LogP contribution is 2.01. The van der Waals surface area contributed by atoms with Crippen LogP contribution in [0.5, 0.6) is 0 Å². The van der Waals surface area contributed by atoms with Gasteiger partial charge in [0.1, 0.15) is 0 Å². The summed E-state index contributed by atoms with van der Waals surface area (Å²) in [5, 5.41) is 0. The highest BCUT2D eigenvalue weighted by Gasteiger charge is 1.99. The minimum Gasteiger partial charge on any atom is -0.298 e. The summed E-state index contributed by atoms with van der Waals surface area (Å²) in [5.74, 6) is 0. The molecule has 0 spiro atoms. The molecule has 0 aliphatic heterocycles. The average molecular weight is 318 g/mol. The zero-order chi connectivity index (χ0) is 11.1. The SMILES string of the molecule is C=CCCCCCn1cncc(I)c1=O. The summed E-state index contributed by atoms with van der Waals surface area (Å²) in [7, 11) is 0. The largest absolute Gasteiger partial charge is 0.298 e. The van der Waals surface area contributed by atoms with Crippen LogP contribution in [0.15, 0.2) is 30.0 Å². The second kappa shape index (κ2) is 6.76. The lowest BCUT2D eigenvalue weighted by Crippen LogP contribution is -2.22. The van der Waals surface area contributed by atoms with E-state index in [0.29, 0.717) is 3.57 Å². The number of unbranched alkanes of at least 4 members (excludes halogenated alkanes) is 3. The summed E-state index contributed by atoms with van der Waals surface area (Å²) >= 11 is 2.02. The third kappa shape index (κ3) is 4.15. The number of aromatic nitrogens is 2. The molecule has 4 heteroatoms. The van der Waals surface area contributed by atoms with Gasteiger partial charge in [0, 0.05) is 12.7 Å². The second-order valence-electron chi connectivity index (χ2n) is 3.38. The van der Waals surface area contributed by atoms with Crippen LogP contribution in [0.3, 0.4) is 0 Å². The predicted molar refractivity (Wildman–Crippen MR) is 69.9 cm³/mol. The minimum atomic E-state index is 0.0642. The van der Waals surface area contributed by atoms with E-state index in [1.807, 2.05) is 28.7 Å². The monoisotopic (exact) mass is 318 g/mol. The predicted octanol–water partition coefficient (Wildman–Crippen LogP) is 2.59. The first kappa shape index (κ1) is 12.4. The molecular weight excluding hydrogens is 303 g/mol. The minimum absolute atomic E-state index is 0.0642. The van der Waals surface area contributed by atoms with Crippen LogP contribution >= 0.6 is 22.6 Å². The van der Waals surface area contributed by atoms with Crippen molar-refractivity contribution in [2.75, 3.05) is 0 Å². The molecule has 0 fully saturated rings. The number of nitrogens with zero attached hydrogens (tertiary/aromatic N) is 2. The molecule has 1 aromatic heterocycles. The smallest absolute Gasteiger partial charge is 0.266 e. The Balaban J connectivity index is 2.41. The van der Waals surface area contributed by atoms with Gasteiger partial charge in [0.2, 0.25) is 0 Å². The van der Waals surface area contributed by atoms with Crippen molar-refractivity contribution in [2.45, 2.75) is 32.2 Å². The highest BCUT2D eigenvalue weighted by atomic mass is 127. The van der Waals surface area contributed by atoms with Crippen molar-refractivity contribution in [3.63, 3.8) is 0 Å². The number of allylic oxidation sites excluding steroid dienone is 1. The van der Waals surface area contributed by atoms with E-state index in [2.05, 4.69) is 11.6 Å². The van der Waals surface area contributed by atoms with Gasteiger partial charge in [-0.1, -0.05) is 12.5 Å². The molecule has 0 unspecified atom stereocenters. The van der Waals surface area contributed by atoms with Gasteiger partial charge in [-0.2, -0.15) is 0 Å². The first-order chi connectivity index (χ1) is 7.25. The number of hydrogen-bond acceptors (Lipinski definition) is 2. The molecule has 0 saturated heterocycles. The Kier molecular flexibility index (Phi) is 5.60. The van der Waals surface area contributed by atoms with Gasteiger partial charge in [0.25, 0.3) is 5.56 Å². The molecule has 0 aliphatic carbocycles. The summed E-state index contributed by atoms with van der Waals surface area (Å²) in [6, 6.07) is 0. The number of aryl methyl sites for hydroxylation is 1. The van der Waals surface area contributed by atoms with E-state index in [1.165, 1.54) is 0 Å². The summed E-state index contributed by atoms with van der Waals surface area (Å²) in [6.45, 7) is 4.44. The van der Waals surface area contributed by atoms with Gasteiger partial charge in [-0.25, -0.2) is 4.98 Å². The fourth-order valence-electron chi connectivity index (χ4n) is 1.33. The lowest BCUT2D eigenvalue weighted by molar-refractivity contribution is 0.568. The highest BCUT2D eigenvalue weighted by molar-refractivity contribution is 14.1. The lowest BCUT2D eigenvalue weighted by Gasteiger charge is -2.04. The van der Waals surface area contributed by atoms with Crippen molar-refractivity contribution in [1.29, 1.82) is 0 Å². The molecule has 0 bridgehead atoms. The Hall–Kier alpha value is -0.650. The molecule has 1 aromatic rings. The number of halogens is 1. The summed E-state index contributed by atoms with van der Waals surface area (Å²) in [5.41, 5.74) is 0.0642. The molecule has 1 rings (SSSR count). The Morgan fingerprint density at radius 3 is 3.00 bits per heavy atom. The third-order valence-corrected chi connectivity index (χ3v) is 2.91. The first-order valence-corrected chi connectivity index (χ1v) is 6.14. The Labute approximate surface area is 103 Å². The van der Waals surface area contributed by atoms with Crippen LogP contribution in [0.1, 0.15) is 25.7 Å². The third-order valence-electron chi connectivity index (χ3n) is 2.17. The van der Waals surface area contributed by atoms with E-state index in [1.54, 1.807) is 17.1 Å². The molecule has 1 heterocycles. The van der Waals surface area contributed by atoms with Gasteiger partial charge in [-0.05, 0) is 41.9 Å². The quantitative estimate of drug-likeness (QED) is 0.459. The summed E-state index contributed by atoms with van der Waals surface area (Å²) in [6.07, 6.45) is 9.49. The van der Waals surface area contributed by atoms with Crippen LogP contribution in [0.2, 0.25) is 0 Å². The molecule has 0 atom stereocenters. The fourth-order valence-corrected chi connectivity index (χ4v) is 1.80. The van der Waals surface area contributed by atoms with Gasteiger partial charge in [-0.15, -0.1) is 6.58 Å². The molecule has 0 amide bonds. The summed E-state index contributed by atoms with van der Waals surface area (Å²) in [4.78, 5) is 15.6. The second-order valence-corrected chi connectivity index (χ2v) is 4.54. The molecule has 0 aromatic carbocycles. The van der Waals surface area contributed by atoms with E-state index < -0.39 is 0 Å². The van der Waals surface area contributed by atoms with Crippen LogP contribution in [0, 0.1) is 3.57 Å². The molecule has 0 aliphatic rings. The number of rotatable bonds is 6. The zero-order valence-electron chi connectivity index (χ0n) is 8.66. The molecule has 82 valence electrons. The maximum Gasteiger partial charge on any atom is 0.266 e. The van der Waals surface area contributed by atoms with E-state index in [4.69, 9.17) is 0 Å². The lowest BCUT2D eigenvalue weighted by atomic mass is 10.2. The molecular formula is C11H15IN2O. The van der Waals surface area contributed by atoms with Gasteiger partial charge in [-0.3, -0.25) is 9.36 Å². The normalized spacial score (nSPS) is 10.2. The maximum atomic E-state index is 11.6. The maximum absolute atomic E-state index is 11.6. The molecule has 3 nitrogen and oxygen atoms in total. The fraction of sp³-hybridized carbons (Fsp3) is 0.455. The Morgan fingerprint density at radius 1 is 1.47 bits per heavy atom. The van der Waals surface area contributed by atoms with Gasteiger partial charge >= 0.3 is 0 Å². The van der Waals surface area contributed by atoms with Crippen LogP contribution in [0.25, 0.3) is 0 Å². The van der Waals surface area contributed by atoms with Crippen LogP contribution in [0.4, 0.5) is 0 Å². The molecule has 0 radical (unpaired) electrons. The van der Waals surface area contributed by atoms with E-state index in [-0.39, 0.29) is 5.56 Å². The zero-order valence-corrected chi connectivity index (χ0v) is 10.8. The van der Waals surface area contributed by atoms with E-state index >= 15 is 0 Å². The number of hydrogen-bond donors (Lipinski definition) is 0. The van der Waals surface area contributed by atoms with Crippen molar-refractivity contribution in [3.8, 4) is 0 Å². The Morgan fingerprint density at radius 2 is 2.27 bits per heavy atom. The van der Waals surface area contributed by atoms with Gasteiger partial charge in [0.05, 0.1) is 9.90 Å². The van der Waals surface area contributed by atoms with Crippen molar-refractivity contribution in [2.24, 2.45) is 0 Å². The van der Waals surface area contributed by atoms with E-state index in [9.17, 15) is 4.79 Å². The van der Waals surface area contributed by atoms with Crippen LogP contribution in [-0.2, 0) is 6.54 Å². The van der Waals surface area contributed by atoms with Gasteiger partial charge in [0.15, 0.2) is 0 Å². The molecule has 15 heavy (non-hydrogen) atoms. The Bertz CT molecular complexity index is 373. The molecule has 0 saturated carbocycles. The van der Waals surface area contributed by atoms with Gasteiger partial charge < -0.3 is 0 Å². The standard InChI is InChI=1S/C11H15IN2O/c1-2-3-4-5-6-7-14-9-13-8-10(12)11(14)15/h2,8-9H,1,3-7H2. The van der Waals surface area contributed by atoms with E-state index in [0.717, 1.165) is 32.2 Å². The van der Waals surface area contributed by atoms with Crippen molar-refractivity contribution >= 4 is 22.6 Å². The summed E-state index contributed by atoms with van der Waals surface area (Å²) < 4.78 is 2.36. The van der Waals surface area contributed by atoms with Crippen molar-refractivity contribution in [3.05, 3.63) is 39.1 Å². The van der Waals surface area contributed by atoms with Crippen LogP contribution < -0.4 is 5.56 Å².